The van der Waals surface area contributed by atoms with Gasteiger partial charge in [0.05, 0.1) is 0 Å². The Morgan fingerprint density at radius 2 is 1.32 bits per heavy atom. The van der Waals surface area contributed by atoms with E-state index in [-0.39, 0.29) is 0 Å². The zero-order valence-corrected chi connectivity index (χ0v) is 19.8. The molecule has 3 saturated carbocycles. The molecule has 0 atom stereocenters. The summed E-state index contributed by atoms with van der Waals surface area (Å²) in [5.74, 6) is 4.84. The van der Waals surface area contributed by atoms with Crippen molar-refractivity contribution in [3.8, 4) is 0 Å². The number of carbonyl (C=O) groups excluding carboxylic acids is 1. The van der Waals surface area contributed by atoms with Crippen molar-refractivity contribution in [2.45, 2.75) is 103 Å². The molecular formula is C30H44O. The molecule has 0 aromatic heterocycles. The molecule has 4 rings (SSSR count). The van der Waals surface area contributed by atoms with Crippen LogP contribution >= 0.6 is 0 Å². The van der Waals surface area contributed by atoms with Gasteiger partial charge in [-0.1, -0.05) is 69.0 Å². The summed E-state index contributed by atoms with van der Waals surface area (Å²) >= 11 is 0. The summed E-state index contributed by atoms with van der Waals surface area (Å²) in [5.41, 5.74) is 2.82. The SMILES string of the molecule is CCCC1CCC(C2CCC(C=Cc3ccc(C4CCC(C=O)CC4)cc3)CC2)CC1. The molecule has 0 N–H and O–H groups in total. The lowest BCUT2D eigenvalue weighted by atomic mass is 9.68. The second-order valence-electron chi connectivity index (χ2n) is 11.0. The fourth-order valence-corrected chi connectivity index (χ4v) is 6.88. The Labute approximate surface area is 191 Å². The fourth-order valence-electron chi connectivity index (χ4n) is 6.88. The summed E-state index contributed by atoms with van der Waals surface area (Å²) in [5, 5.41) is 0. The molecule has 3 fully saturated rings. The van der Waals surface area contributed by atoms with E-state index in [1.54, 1.807) is 0 Å². The molecule has 0 aliphatic heterocycles. The second-order valence-corrected chi connectivity index (χ2v) is 11.0. The molecule has 1 aromatic rings. The number of allylic oxidation sites excluding steroid dienone is 1. The standard InChI is InChI=1S/C30H44O/c1-2-3-23-6-14-27(15-7-23)28-16-8-24(9-17-28)4-5-25-10-18-29(19-11-25)30-20-12-26(22-31)13-21-30/h4-5,10-11,18-19,22-24,26-28,30H,2-3,6-9,12-17,20-21H2,1H3. The van der Waals surface area contributed by atoms with E-state index in [9.17, 15) is 4.79 Å². The molecule has 0 heterocycles. The largest absolute Gasteiger partial charge is 0.303 e. The van der Waals surface area contributed by atoms with Gasteiger partial charge >= 0.3 is 0 Å². The highest BCUT2D eigenvalue weighted by molar-refractivity contribution is 5.54. The first kappa shape index (κ1) is 22.8. The highest BCUT2D eigenvalue weighted by Gasteiger charge is 2.30. The number of hydrogen-bond acceptors (Lipinski definition) is 1. The summed E-state index contributed by atoms with van der Waals surface area (Å²) < 4.78 is 0. The minimum Gasteiger partial charge on any atom is -0.303 e. The third kappa shape index (κ3) is 6.33. The summed E-state index contributed by atoms with van der Waals surface area (Å²) in [6.45, 7) is 2.34. The van der Waals surface area contributed by atoms with Gasteiger partial charge in [-0.3, -0.25) is 0 Å². The zero-order valence-electron chi connectivity index (χ0n) is 19.8. The van der Waals surface area contributed by atoms with E-state index in [1.807, 2.05) is 0 Å². The molecule has 0 radical (unpaired) electrons. The van der Waals surface area contributed by atoms with Crippen LogP contribution in [0.4, 0.5) is 0 Å². The van der Waals surface area contributed by atoms with Gasteiger partial charge in [-0.25, -0.2) is 0 Å². The lowest BCUT2D eigenvalue weighted by Gasteiger charge is -2.37. The monoisotopic (exact) mass is 420 g/mol. The predicted molar refractivity (Wildman–Crippen MR) is 132 cm³/mol. The first-order valence-electron chi connectivity index (χ1n) is 13.5. The van der Waals surface area contributed by atoms with Crippen molar-refractivity contribution in [3.63, 3.8) is 0 Å². The van der Waals surface area contributed by atoms with Crippen LogP contribution in [0.2, 0.25) is 0 Å². The van der Waals surface area contributed by atoms with Crippen molar-refractivity contribution < 1.29 is 4.79 Å². The molecule has 3 aliphatic carbocycles. The maximum absolute atomic E-state index is 11.0. The van der Waals surface area contributed by atoms with Crippen LogP contribution in [0.5, 0.6) is 0 Å². The Kier molecular flexibility index (Phi) is 8.45. The van der Waals surface area contributed by atoms with E-state index in [0.717, 1.165) is 42.8 Å². The number of aldehydes is 1. The summed E-state index contributed by atoms with van der Waals surface area (Å²) in [4.78, 5) is 11.0. The van der Waals surface area contributed by atoms with Crippen LogP contribution in [0.25, 0.3) is 6.08 Å². The van der Waals surface area contributed by atoms with Crippen molar-refractivity contribution in [1.82, 2.24) is 0 Å². The van der Waals surface area contributed by atoms with Gasteiger partial charge in [0.25, 0.3) is 0 Å². The van der Waals surface area contributed by atoms with Gasteiger partial charge in [-0.2, -0.15) is 0 Å². The maximum atomic E-state index is 11.0. The molecule has 1 heteroatoms. The van der Waals surface area contributed by atoms with Gasteiger partial charge in [0.15, 0.2) is 0 Å². The first-order chi connectivity index (χ1) is 15.2. The van der Waals surface area contributed by atoms with Gasteiger partial charge in [0.1, 0.15) is 6.29 Å². The highest BCUT2D eigenvalue weighted by Crippen LogP contribution is 2.42. The van der Waals surface area contributed by atoms with Crippen LogP contribution in [0.15, 0.2) is 30.3 Å². The Hall–Kier alpha value is -1.37. The van der Waals surface area contributed by atoms with E-state index in [4.69, 9.17) is 0 Å². The van der Waals surface area contributed by atoms with Crippen LogP contribution < -0.4 is 0 Å². The molecule has 0 amide bonds. The smallest absolute Gasteiger partial charge is 0.123 e. The number of benzene rings is 1. The number of carbonyl (C=O) groups is 1. The molecule has 0 saturated heterocycles. The first-order valence-corrected chi connectivity index (χ1v) is 13.5. The third-order valence-electron chi connectivity index (χ3n) is 9.00. The molecule has 0 spiro atoms. The van der Waals surface area contributed by atoms with Crippen LogP contribution in [-0.4, -0.2) is 6.29 Å². The normalized spacial score (nSPS) is 34.6. The molecule has 170 valence electrons. The topological polar surface area (TPSA) is 17.1 Å². The minimum atomic E-state index is 0.310. The lowest BCUT2D eigenvalue weighted by Crippen LogP contribution is -2.25. The summed E-state index contributed by atoms with van der Waals surface area (Å²) in [6.07, 6.45) is 25.1. The molecule has 31 heavy (non-hydrogen) atoms. The number of hydrogen-bond donors (Lipinski definition) is 0. The van der Waals surface area contributed by atoms with Gasteiger partial charge in [-0.05, 0) is 105 Å². The van der Waals surface area contributed by atoms with Crippen molar-refractivity contribution in [2.75, 3.05) is 0 Å². The zero-order chi connectivity index (χ0) is 21.5. The Morgan fingerprint density at radius 3 is 1.90 bits per heavy atom. The van der Waals surface area contributed by atoms with Gasteiger partial charge in [-0.15, -0.1) is 0 Å². The van der Waals surface area contributed by atoms with Crippen LogP contribution in [0.1, 0.15) is 114 Å². The van der Waals surface area contributed by atoms with Crippen molar-refractivity contribution in [2.24, 2.45) is 29.6 Å². The summed E-state index contributed by atoms with van der Waals surface area (Å²) in [6, 6.07) is 9.27. The Balaban J connectivity index is 1.20. The van der Waals surface area contributed by atoms with Gasteiger partial charge in [0.2, 0.25) is 0 Å². The van der Waals surface area contributed by atoms with Gasteiger partial charge in [0, 0.05) is 5.92 Å². The second kappa shape index (κ2) is 11.5. The van der Waals surface area contributed by atoms with E-state index >= 15 is 0 Å². The van der Waals surface area contributed by atoms with Gasteiger partial charge < -0.3 is 4.79 Å². The average Bonchev–Trinajstić information content (AvgIpc) is 2.84. The van der Waals surface area contributed by atoms with Crippen molar-refractivity contribution in [1.29, 1.82) is 0 Å². The number of rotatable bonds is 7. The molecule has 1 nitrogen and oxygen atoms in total. The fraction of sp³-hybridized carbons (Fsp3) is 0.700. The van der Waals surface area contributed by atoms with E-state index in [2.05, 4.69) is 43.3 Å². The van der Waals surface area contributed by atoms with E-state index in [1.165, 1.54) is 88.2 Å². The predicted octanol–water partition coefficient (Wildman–Crippen LogP) is 8.59. The quantitative estimate of drug-likeness (QED) is 0.404. The summed E-state index contributed by atoms with van der Waals surface area (Å²) in [7, 11) is 0. The van der Waals surface area contributed by atoms with Crippen molar-refractivity contribution in [3.05, 3.63) is 41.5 Å². The molecule has 3 aliphatic rings. The van der Waals surface area contributed by atoms with Crippen LogP contribution in [0.3, 0.4) is 0 Å². The maximum Gasteiger partial charge on any atom is 0.123 e. The van der Waals surface area contributed by atoms with E-state index in [0.29, 0.717) is 11.8 Å². The average molecular weight is 421 g/mol. The van der Waals surface area contributed by atoms with Crippen molar-refractivity contribution >= 4 is 12.4 Å². The van der Waals surface area contributed by atoms with Crippen LogP contribution in [-0.2, 0) is 4.79 Å². The Morgan fingerprint density at radius 1 is 0.742 bits per heavy atom. The highest BCUT2D eigenvalue weighted by atomic mass is 16.1. The lowest BCUT2D eigenvalue weighted by molar-refractivity contribution is -0.111. The molecule has 0 unspecified atom stereocenters. The Bertz CT molecular complexity index is 678. The third-order valence-corrected chi connectivity index (χ3v) is 9.00. The van der Waals surface area contributed by atoms with E-state index < -0.39 is 0 Å². The molecule has 1 aromatic carbocycles. The van der Waals surface area contributed by atoms with Crippen LogP contribution in [0, 0.1) is 29.6 Å². The molecule has 0 bridgehead atoms. The minimum absolute atomic E-state index is 0.310. The molecular weight excluding hydrogens is 376 g/mol.